The SMILES string of the molecule is COc1ccsc1C(=O)Nc1cc(C(=O)O)[nH]n1. The van der Waals surface area contributed by atoms with Crippen molar-refractivity contribution in [2.24, 2.45) is 0 Å². The van der Waals surface area contributed by atoms with Gasteiger partial charge in [0.15, 0.2) is 5.82 Å². The number of carboxylic acid groups (broad SMARTS) is 1. The summed E-state index contributed by atoms with van der Waals surface area (Å²) in [6, 6.07) is 2.91. The van der Waals surface area contributed by atoms with Crippen LogP contribution in [0.2, 0.25) is 0 Å². The number of nitrogens with one attached hydrogen (secondary N) is 2. The van der Waals surface area contributed by atoms with E-state index in [1.165, 1.54) is 24.5 Å². The van der Waals surface area contributed by atoms with Crippen molar-refractivity contribution >= 4 is 29.0 Å². The smallest absolute Gasteiger partial charge is 0.353 e. The summed E-state index contributed by atoms with van der Waals surface area (Å²) in [5.41, 5.74) is -0.0940. The van der Waals surface area contributed by atoms with Crippen molar-refractivity contribution in [2.45, 2.75) is 0 Å². The molecule has 0 aliphatic carbocycles. The average Bonchev–Trinajstić information content (AvgIpc) is 2.96. The molecule has 0 unspecified atom stereocenters. The number of aromatic carboxylic acids is 1. The highest BCUT2D eigenvalue weighted by molar-refractivity contribution is 7.12. The van der Waals surface area contributed by atoms with E-state index in [2.05, 4.69) is 15.5 Å². The minimum absolute atomic E-state index is 0.0940. The predicted octanol–water partition coefficient (Wildman–Crippen LogP) is 1.43. The van der Waals surface area contributed by atoms with Gasteiger partial charge in [0.1, 0.15) is 16.3 Å². The van der Waals surface area contributed by atoms with Crippen molar-refractivity contribution in [3.63, 3.8) is 0 Å². The van der Waals surface area contributed by atoms with Crippen LogP contribution in [0.15, 0.2) is 17.5 Å². The zero-order valence-electron chi connectivity index (χ0n) is 9.26. The first-order chi connectivity index (χ1) is 8.61. The summed E-state index contributed by atoms with van der Waals surface area (Å²) >= 11 is 1.22. The van der Waals surface area contributed by atoms with Gasteiger partial charge in [-0.3, -0.25) is 9.89 Å². The number of ether oxygens (including phenoxy) is 1. The molecule has 0 radical (unpaired) electrons. The fraction of sp³-hybridized carbons (Fsp3) is 0.100. The van der Waals surface area contributed by atoms with E-state index in [0.717, 1.165) is 0 Å². The Hall–Kier alpha value is -2.35. The van der Waals surface area contributed by atoms with E-state index in [1.54, 1.807) is 11.4 Å². The molecule has 1 amide bonds. The van der Waals surface area contributed by atoms with Crippen LogP contribution < -0.4 is 10.1 Å². The van der Waals surface area contributed by atoms with E-state index in [9.17, 15) is 9.59 Å². The lowest BCUT2D eigenvalue weighted by atomic mass is 10.4. The minimum atomic E-state index is -1.14. The second-order valence-corrected chi connectivity index (χ2v) is 4.16. The van der Waals surface area contributed by atoms with Gasteiger partial charge in [-0.1, -0.05) is 0 Å². The molecule has 0 aliphatic heterocycles. The number of nitrogens with zero attached hydrogens (tertiary/aromatic N) is 1. The number of H-pyrrole nitrogens is 1. The predicted molar refractivity (Wildman–Crippen MR) is 64.4 cm³/mol. The number of carboxylic acids is 1. The topological polar surface area (TPSA) is 104 Å². The zero-order chi connectivity index (χ0) is 13.1. The molecule has 0 aromatic carbocycles. The first-order valence-electron chi connectivity index (χ1n) is 4.83. The van der Waals surface area contributed by atoms with Crippen LogP contribution in [-0.2, 0) is 0 Å². The molecule has 0 saturated carbocycles. The Morgan fingerprint density at radius 2 is 2.33 bits per heavy atom. The Labute approximate surface area is 105 Å². The fourth-order valence-corrected chi connectivity index (χ4v) is 2.05. The number of carbonyl (C=O) groups is 2. The molecule has 0 bridgehead atoms. The number of thiophene rings is 1. The van der Waals surface area contributed by atoms with Gasteiger partial charge >= 0.3 is 5.97 Å². The van der Waals surface area contributed by atoms with Crippen LogP contribution in [0.25, 0.3) is 0 Å². The van der Waals surface area contributed by atoms with Gasteiger partial charge in [-0.05, 0) is 11.4 Å². The Morgan fingerprint density at radius 1 is 1.56 bits per heavy atom. The van der Waals surface area contributed by atoms with Crippen LogP contribution in [0.4, 0.5) is 5.82 Å². The summed E-state index contributed by atoms with van der Waals surface area (Å²) in [5, 5.41) is 18.9. The summed E-state index contributed by atoms with van der Waals surface area (Å²) in [6.45, 7) is 0. The molecule has 2 heterocycles. The minimum Gasteiger partial charge on any atom is -0.495 e. The van der Waals surface area contributed by atoms with Crippen LogP contribution in [0.3, 0.4) is 0 Å². The number of anilines is 1. The highest BCUT2D eigenvalue weighted by atomic mass is 32.1. The second-order valence-electron chi connectivity index (χ2n) is 3.24. The van der Waals surface area contributed by atoms with Crippen molar-refractivity contribution < 1.29 is 19.4 Å². The van der Waals surface area contributed by atoms with Crippen molar-refractivity contribution in [3.8, 4) is 5.75 Å². The number of hydrogen-bond donors (Lipinski definition) is 3. The third kappa shape index (κ3) is 2.33. The van der Waals surface area contributed by atoms with Crippen LogP contribution in [0.1, 0.15) is 20.2 Å². The molecule has 3 N–H and O–H groups in total. The lowest BCUT2D eigenvalue weighted by Crippen LogP contribution is -2.11. The monoisotopic (exact) mass is 267 g/mol. The fourth-order valence-electron chi connectivity index (χ4n) is 1.29. The quantitative estimate of drug-likeness (QED) is 0.777. The summed E-state index contributed by atoms with van der Waals surface area (Å²) < 4.78 is 5.01. The molecule has 2 aromatic rings. The van der Waals surface area contributed by atoms with Crippen LogP contribution in [0, 0.1) is 0 Å². The van der Waals surface area contributed by atoms with Crippen molar-refractivity contribution in [2.75, 3.05) is 12.4 Å². The number of aromatic amines is 1. The lowest BCUT2D eigenvalue weighted by molar-refractivity contribution is 0.0690. The van der Waals surface area contributed by atoms with E-state index < -0.39 is 11.9 Å². The summed E-state index contributed by atoms with van der Waals surface area (Å²) in [5.74, 6) is -0.929. The van der Waals surface area contributed by atoms with Crippen molar-refractivity contribution in [1.82, 2.24) is 10.2 Å². The average molecular weight is 267 g/mol. The molecule has 94 valence electrons. The molecule has 7 nitrogen and oxygen atoms in total. The van der Waals surface area contributed by atoms with E-state index in [4.69, 9.17) is 9.84 Å². The molecular formula is C10H9N3O4S. The highest BCUT2D eigenvalue weighted by Gasteiger charge is 2.16. The molecular weight excluding hydrogens is 258 g/mol. The van der Waals surface area contributed by atoms with E-state index in [0.29, 0.717) is 10.6 Å². The Bertz CT molecular complexity index is 589. The lowest BCUT2D eigenvalue weighted by Gasteiger charge is -2.01. The summed E-state index contributed by atoms with van der Waals surface area (Å²) in [6.07, 6.45) is 0. The first-order valence-corrected chi connectivity index (χ1v) is 5.71. The first kappa shape index (κ1) is 12.1. The Morgan fingerprint density at radius 3 is 2.94 bits per heavy atom. The molecule has 2 rings (SSSR count). The highest BCUT2D eigenvalue weighted by Crippen LogP contribution is 2.25. The molecule has 0 spiro atoms. The molecule has 2 aromatic heterocycles. The largest absolute Gasteiger partial charge is 0.495 e. The molecule has 0 saturated heterocycles. The molecule has 18 heavy (non-hydrogen) atoms. The van der Waals surface area contributed by atoms with Gasteiger partial charge in [-0.25, -0.2) is 4.79 Å². The van der Waals surface area contributed by atoms with E-state index >= 15 is 0 Å². The maximum absolute atomic E-state index is 11.9. The normalized spacial score (nSPS) is 10.1. The number of carbonyl (C=O) groups excluding carboxylic acids is 1. The van der Waals surface area contributed by atoms with Crippen molar-refractivity contribution in [3.05, 3.63) is 28.1 Å². The Balaban J connectivity index is 2.13. The van der Waals surface area contributed by atoms with Gasteiger partial charge in [-0.15, -0.1) is 11.3 Å². The maximum atomic E-state index is 11.9. The third-order valence-electron chi connectivity index (χ3n) is 2.11. The van der Waals surface area contributed by atoms with Gasteiger partial charge in [0.2, 0.25) is 0 Å². The third-order valence-corrected chi connectivity index (χ3v) is 3.00. The molecule has 0 aliphatic rings. The molecule has 0 fully saturated rings. The summed E-state index contributed by atoms with van der Waals surface area (Å²) in [7, 11) is 1.47. The maximum Gasteiger partial charge on any atom is 0.353 e. The Kier molecular flexibility index (Phi) is 3.28. The van der Waals surface area contributed by atoms with Gasteiger partial charge in [-0.2, -0.15) is 5.10 Å². The standard InChI is InChI=1S/C10H9N3O4S/c1-17-6-2-3-18-8(6)9(14)11-7-4-5(10(15)16)12-13-7/h2-4H,1H3,(H,15,16)(H2,11,12,13,14). The van der Waals surface area contributed by atoms with Crippen molar-refractivity contribution in [1.29, 1.82) is 0 Å². The van der Waals surface area contributed by atoms with Gasteiger partial charge < -0.3 is 15.2 Å². The van der Waals surface area contributed by atoms with Crippen LogP contribution in [0.5, 0.6) is 5.75 Å². The second kappa shape index (κ2) is 4.88. The van der Waals surface area contributed by atoms with Crippen LogP contribution in [-0.4, -0.2) is 34.3 Å². The zero-order valence-corrected chi connectivity index (χ0v) is 10.1. The molecule has 8 heteroatoms. The number of rotatable bonds is 4. The van der Waals surface area contributed by atoms with Gasteiger partial charge in [0, 0.05) is 6.07 Å². The molecule has 0 atom stereocenters. The number of hydrogen-bond acceptors (Lipinski definition) is 5. The van der Waals surface area contributed by atoms with E-state index in [-0.39, 0.29) is 11.5 Å². The number of amides is 1. The van der Waals surface area contributed by atoms with Gasteiger partial charge in [0.25, 0.3) is 5.91 Å². The summed E-state index contributed by atoms with van der Waals surface area (Å²) in [4.78, 5) is 22.9. The van der Waals surface area contributed by atoms with E-state index in [1.807, 2.05) is 0 Å². The van der Waals surface area contributed by atoms with Gasteiger partial charge in [0.05, 0.1) is 7.11 Å². The number of methoxy groups -OCH3 is 1. The van der Waals surface area contributed by atoms with Crippen LogP contribution >= 0.6 is 11.3 Å². The number of aromatic nitrogens is 2.